The number of carbonyl (C=O) groups is 2. The van der Waals surface area contributed by atoms with Gasteiger partial charge >= 0.3 is 11.9 Å². The molecule has 14 heteroatoms. The summed E-state index contributed by atoms with van der Waals surface area (Å²) in [6.07, 6.45) is -1.94. The molecule has 1 atom stereocenters. The summed E-state index contributed by atoms with van der Waals surface area (Å²) in [5.41, 5.74) is 0.324. The van der Waals surface area contributed by atoms with Crippen molar-refractivity contribution in [1.29, 1.82) is 0 Å². The zero-order valence-corrected chi connectivity index (χ0v) is 23.3. The van der Waals surface area contributed by atoms with Gasteiger partial charge in [-0.1, -0.05) is 13.8 Å². The van der Waals surface area contributed by atoms with Crippen LogP contribution >= 0.6 is 0 Å². The van der Waals surface area contributed by atoms with Gasteiger partial charge in [-0.15, -0.1) is 0 Å². The molecule has 0 bridgehead atoms. The van der Waals surface area contributed by atoms with Gasteiger partial charge in [0.05, 0.1) is 30.0 Å². The van der Waals surface area contributed by atoms with Crippen LogP contribution in [0, 0.1) is 11.8 Å². The van der Waals surface area contributed by atoms with Crippen LogP contribution in [0.4, 0.5) is 13.2 Å². The predicted molar refractivity (Wildman–Crippen MR) is 144 cm³/mol. The summed E-state index contributed by atoms with van der Waals surface area (Å²) in [7, 11) is 0. The number of nitrogens with zero attached hydrogens (tertiary/aromatic N) is 5. The Hall–Kier alpha value is -4.23. The summed E-state index contributed by atoms with van der Waals surface area (Å²) < 4.78 is 40.6. The Morgan fingerprint density at radius 2 is 1.95 bits per heavy atom. The Kier molecular flexibility index (Phi) is 8.06. The molecule has 0 spiro atoms. The van der Waals surface area contributed by atoms with Crippen LogP contribution in [0.15, 0.2) is 34.0 Å². The molecule has 2 N–H and O–H groups in total. The van der Waals surface area contributed by atoms with E-state index in [1.165, 1.54) is 11.0 Å². The number of hydrogen-bond donors (Lipinski definition) is 2. The maximum atomic E-state index is 13.6. The molecule has 1 unspecified atom stereocenters. The van der Waals surface area contributed by atoms with Gasteiger partial charge in [-0.25, -0.2) is 4.79 Å². The maximum absolute atomic E-state index is 13.6. The molecule has 1 aliphatic carbocycles. The van der Waals surface area contributed by atoms with Gasteiger partial charge in [-0.3, -0.25) is 29.0 Å². The number of pyridine rings is 1. The fourth-order valence-corrected chi connectivity index (χ4v) is 5.58. The van der Waals surface area contributed by atoms with Gasteiger partial charge in [-0.05, 0) is 49.8 Å². The normalized spacial score (nSPS) is 17.0. The highest BCUT2D eigenvalue weighted by Crippen LogP contribution is 2.29. The second kappa shape index (κ2) is 11.6. The first kappa shape index (κ1) is 29.3. The number of aromatic amines is 2. The highest BCUT2D eigenvalue weighted by Gasteiger charge is 2.33. The Balaban J connectivity index is 1.31. The molecule has 0 saturated heterocycles. The van der Waals surface area contributed by atoms with E-state index in [2.05, 4.69) is 20.1 Å². The second-order valence-corrected chi connectivity index (χ2v) is 11.3. The van der Waals surface area contributed by atoms with E-state index in [0.717, 1.165) is 12.3 Å². The Bertz CT molecular complexity index is 1590. The molecule has 11 nitrogen and oxygen atoms in total. The van der Waals surface area contributed by atoms with Crippen molar-refractivity contribution in [2.75, 3.05) is 13.1 Å². The summed E-state index contributed by atoms with van der Waals surface area (Å²) in [4.78, 5) is 63.0. The van der Waals surface area contributed by atoms with Crippen LogP contribution < -0.4 is 11.2 Å². The van der Waals surface area contributed by atoms with E-state index in [1.807, 2.05) is 13.8 Å². The minimum atomic E-state index is -4.50. The third kappa shape index (κ3) is 6.31. The molecule has 4 heterocycles. The Morgan fingerprint density at radius 1 is 1.17 bits per heavy atom. The van der Waals surface area contributed by atoms with E-state index in [4.69, 9.17) is 0 Å². The third-order valence-corrected chi connectivity index (χ3v) is 7.59. The van der Waals surface area contributed by atoms with Crippen molar-refractivity contribution in [2.24, 2.45) is 11.8 Å². The van der Waals surface area contributed by atoms with E-state index in [9.17, 15) is 32.3 Å². The molecule has 2 amide bonds. The predicted octanol–water partition coefficient (Wildman–Crippen LogP) is 2.51. The number of carbonyl (C=O) groups excluding carboxylic acids is 2. The van der Waals surface area contributed by atoms with E-state index in [1.54, 1.807) is 15.6 Å². The fourth-order valence-electron chi connectivity index (χ4n) is 5.58. The molecular weight excluding hydrogens is 555 g/mol. The number of hydrogen-bond acceptors (Lipinski definition) is 6. The van der Waals surface area contributed by atoms with Gasteiger partial charge in [-0.2, -0.15) is 18.3 Å². The standard InChI is InChI=1S/C28H32F3N7O4/c1-16(2)13-37(14-19-6-5-18(12-32-19)28(29,30)31)26(41)23-11-20-15-36(8-3-9-38(20)35-23)25(40)17-4-7-22-21(10-17)24(39)34-27(42)33-22/h5-6,11-12,16-17H,3-4,7-10,13-15H2,1-2H3,(H2,33,34,39,42). The molecule has 42 heavy (non-hydrogen) atoms. The minimum Gasteiger partial charge on any atom is -0.336 e. The van der Waals surface area contributed by atoms with E-state index < -0.39 is 28.9 Å². The van der Waals surface area contributed by atoms with Crippen molar-refractivity contribution in [2.45, 2.75) is 65.3 Å². The molecule has 224 valence electrons. The molecule has 0 fully saturated rings. The summed E-state index contributed by atoms with van der Waals surface area (Å²) in [6.45, 7) is 5.48. The van der Waals surface area contributed by atoms with Gasteiger partial charge in [0.2, 0.25) is 5.91 Å². The van der Waals surface area contributed by atoms with Gasteiger partial charge < -0.3 is 14.8 Å². The molecule has 5 rings (SSSR count). The van der Waals surface area contributed by atoms with Crippen molar-refractivity contribution in [3.8, 4) is 0 Å². The molecule has 3 aromatic rings. The first-order valence-corrected chi connectivity index (χ1v) is 13.9. The average molecular weight is 588 g/mol. The second-order valence-electron chi connectivity index (χ2n) is 11.3. The van der Waals surface area contributed by atoms with Crippen LogP contribution in [0.3, 0.4) is 0 Å². The van der Waals surface area contributed by atoms with Crippen LogP contribution in [-0.2, 0) is 43.4 Å². The molecule has 1 aliphatic heterocycles. The number of halogens is 3. The summed E-state index contributed by atoms with van der Waals surface area (Å²) >= 11 is 0. The lowest BCUT2D eigenvalue weighted by Gasteiger charge is -2.28. The van der Waals surface area contributed by atoms with E-state index >= 15 is 0 Å². The number of fused-ring (bicyclic) bond motifs is 2. The van der Waals surface area contributed by atoms with Crippen molar-refractivity contribution in [3.63, 3.8) is 0 Å². The molecule has 0 aromatic carbocycles. The van der Waals surface area contributed by atoms with Crippen LogP contribution in [0.5, 0.6) is 0 Å². The smallest absolute Gasteiger partial charge is 0.336 e. The monoisotopic (exact) mass is 587 g/mol. The van der Waals surface area contributed by atoms with Crippen molar-refractivity contribution >= 4 is 11.8 Å². The Labute approximate surface area is 238 Å². The first-order valence-electron chi connectivity index (χ1n) is 13.9. The average Bonchev–Trinajstić information content (AvgIpc) is 3.22. The largest absolute Gasteiger partial charge is 0.417 e. The number of aromatic nitrogens is 5. The lowest BCUT2D eigenvalue weighted by molar-refractivity contribution is -0.138. The topological polar surface area (TPSA) is 137 Å². The zero-order chi connectivity index (χ0) is 30.2. The van der Waals surface area contributed by atoms with Crippen LogP contribution in [0.25, 0.3) is 0 Å². The first-order chi connectivity index (χ1) is 19.9. The maximum Gasteiger partial charge on any atom is 0.417 e. The highest BCUT2D eigenvalue weighted by atomic mass is 19.4. The van der Waals surface area contributed by atoms with Crippen LogP contribution in [-0.4, -0.2) is 59.4 Å². The molecule has 0 saturated carbocycles. The number of nitrogens with one attached hydrogen (secondary N) is 2. The Morgan fingerprint density at radius 3 is 2.64 bits per heavy atom. The molecule has 0 radical (unpaired) electrons. The molecule has 2 aliphatic rings. The van der Waals surface area contributed by atoms with E-state index in [-0.39, 0.29) is 42.9 Å². The summed E-state index contributed by atoms with van der Waals surface area (Å²) in [5.74, 6) is -0.787. The van der Waals surface area contributed by atoms with Gasteiger partial charge in [0, 0.05) is 43.0 Å². The number of aryl methyl sites for hydroxylation is 2. The van der Waals surface area contributed by atoms with Gasteiger partial charge in [0.15, 0.2) is 5.69 Å². The molecular formula is C28H32F3N7O4. The van der Waals surface area contributed by atoms with Crippen LogP contribution in [0.2, 0.25) is 0 Å². The van der Waals surface area contributed by atoms with Crippen LogP contribution in [0.1, 0.15) is 65.4 Å². The van der Waals surface area contributed by atoms with E-state index in [0.29, 0.717) is 61.5 Å². The number of H-pyrrole nitrogens is 2. The summed E-state index contributed by atoms with van der Waals surface area (Å²) in [6, 6.07) is 3.88. The summed E-state index contributed by atoms with van der Waals surface area (Å²) in [5, 5.41) is 4.52. The fraction of sp³-hybridized carbons (Fsp3) is 0.500. The van der Waals surface area contributed by atoms with Gasteiger partial charge in [0.25, 0.3) is 11.5 Å². The minimum absolute atomic E-state index is 0.0233. The third-order valence-electron chi connectivity index (χ3n) is 7.59. The quantitative estimate of drug-likeness (QED) is 0.455. The van der Waals surface area contributed by atoms with Crippen molar-refractivity contribution in [1.82, 2.24) is 34.5 Å². The lowest BCUT2D eigenvalue weighted by Crippen LogP contribution is -2.40. The molecule has 3 aromatic heterocycles. The number of rotatable bonds is 6. The number of amides is 2. The van der Waals surface area contributed by atoms with Crippen molar-refractivity contribution < 1.29 is 22.8 Å². The SMILES string of the molecule is CC(C)CN(Cc1ccc(C(F)(F)F)cn1)C(=O)c1cc2n(n1)CCCN(C(=O)C1CCc3[nH]c(=O)[nH]c(=O)c3C1)C2. The highest BCUT2D eigenvalue weighted by molar-refractivity contribution is 5.92. The zero-order valence-electron chi connectivity index (χ0n) is 23.3. The number of alkyl halides is 3. The van der Waals surface area contributed by atoms with Crippen molar-refractivity contribution in [3.05, 3.63) is 79.1 Å². The lowest BCUT2D eigenvalue weighted by atomic mass is 9.86. The van der Waals surface area contributed by atoms with Gasteiger partial charge in [0.1, 0.15) is 0 Å².